The summed E-state index contributed by atoms with van der Waals surface area (Å²) in [6, 6.07) is 15.8. The third kappa shape index (κ3) is 6.75. The number of carbonyl (C=O) groups is 3. The number of aryl methyl sites for hydroxylation is 2. The van der Waals surface area contributed by atoms with Crippen molar-refractivity contribution in [2.75, 3.05) is 25.5 Å². The Labute approximate surface area is 254 Å². The van der Waals surface area contributed by atoms with Crippen LogP contribution < -0.4 is 20.3 Å². The number of benzene rings is 3. The molecule has 3 amide bonds. The van der Waals surface area contributed by atoms with E-state index >= 15 is 0 Å². The lowest BCUT2D eigenvalue weighted by Gasteiger charge is -2.21. The van der Waals surface area contributed by atoms with Gasteiger partial charge in [-0.2, -0.15) is 0 Å². The van der Waals surface area contributed by atoms with Crippen LogP contribution >= 0.6 is 23.2 Å². The molecule has 0 aliphatic carbocycles. The van der Waals surface area contributed by atoms with Gasteiger partial charge in [0, 0.05) is 42.9 Å². The number of nitrogens with zero attached hydrogens (tertiary/aromatic N) is 3. The zero-order chi connectivity index (χ0) is 30.4. The smallest absolute Gasteiger partial charge is 0.251 e. The van der Waals surface area contributed by atoms with E-state index in [-0.39, 0.29) is 30.0 Å². The molecule has 42 heavy (non-hydrogen) atoms. The van der Waals surface area contributed by atoms with Crippen molar-refractivity contribution in [2.45, 2.75) is 27.0 Å². The Balaban J connectivity index is 1.40. The summed E-state index contributed by atoms with van der Waals surface area (Å²) in [6.45, 7) is 4.61. The van der Waals surface area contributed by atoms with Gasteiger partial charge in [-0.1, -0.05) is 41.4 Å². The highest BCUT2D eigenvalue weighted by Gasteiger charge is 2.20. The van der Waals surface area contributed by atoms with Crippen LogP contribution in [-0.4, -0.2) is 47.9 Å². The number of amides is 3. The third-order valence-corrected chi connectivity index (χ3v) is 7.54. The van der Waals surface area contributed by atoms with Gasteiger partial charge in [0.2, 0.25) is 11.8 Å². The fourth-order valence-electron chi connectivity index (χ4n) is 4.42. The molecule has 0 aliphatic heterocycles. The summed E-state index contributed by atoms with van der Waals surface area (Å²) in [5.74, 6) is 0.467. The van der Waals surface area contributed by atoms with Crippen molar-refractivity contribution in [3.8, 4) is 5.75 Å². The summed E-state index contributed by atoms with van der Waals surface area (Å²) in [6.07, 6.45) is 2.91. The van der Waals surface area contributed by atoms with E-state index < -0.39 is 5.91 Å². The van der Waals surface area contributed by atoms with Gasteiger partial charge in [-0.15, -0.1) is 0 Å². The molecule has 0 bridgehead atoms. The van der Waals surface area contributed by atoms with Crippen LogP contribution in [0.2, 0.25) is 10.0 Å². The van der Waals surface area contributed by atoms with Crippen LogP contribution in [0.25, 0.3) is 17.1 Å². The van der Waals surface area contributed by atoms with E-state index in [0.29, 0.717) is 27.6 Å². The lowest BCUT2D eigenvalue weighted by Crippen LogP contribution is -2.37. The maximum atomic E-state index is 12.9. The fourth-order valence-corrected chi connectivity index (χ4v) is 5.02. The van der Waals surface area contributed by atoms with Crippen LogP contribution in [0.1, 0.15) is 34.2 Å². The van der Waals surface area contributed by atoms with Crippen LogP contribution in [0.3, 0.4) is 0 Å². The Morgan fingerprint density at radius 1 is 1.07 bits per heavy atom. The Morgan fingerprint density at radius 3 is 2.50 bits per heavy atom. The molecule has 0 saturated heterocycles. The van der Waals surface area contributed by atoms with Gasteiger partial charge >= 0.3 is 0 Å². The summed E-state index contributed by atoms with van der Waals surface area (Å²) in [4.78, 5) is 42.9. The molecule has 11 heteroatoms. The Morgan fingerprint density at radius 2 is 1.81 bits per heavy atom. The predicted octanol–water partition coefficient (Wildman–Crippen LogP) is 5.40. The number of para-hydroxylation sites is 1. The second-order valence-corrected chi connectivity index (χ2v) is 10.2. The number of rotatable bonds is 10. The molecule has 1 heterocycles. The minimum absolute atomic E-state index is 0.0658. The first-order chi connectivity index (χ1) is 20.1. The second kappa shape index (κ2) is 13.5. The van der Waals surface area contributed by atoms with Crippen LogP contribution in [0, 0.1) is 6.92 Å². The molecular formula is C31H31Cl2N5O4. The number of hydrogen-bond acceptors (Lipinski definition) is 5. The number of aromatic nitrogens is 2. The van der Waals surface area contributed by atoms with Gasteiger partial charge in [0.1, 0.15) is 23.7 Å². The molecule has 1 aromatic heterocycles. The summed E-state index contributed by atoms with van der Waals surface area (Å²) in [7, 11) is 3.12. The number of likely N-dealkylation sites (N-methyl/N-ethyl adjacent to an activating group) is 1. The average molecular weight is 609 g/mol. The number of halogens is 2. The number of fused-ring (bicyclic) bond motifs is 1. The highest BCUT2D eigenvalue weighted by molar-refractivity contribution is 6.38. The van der Waals surface area contributed by atoms with Gasteiger partial charge in [-0.25, -0.2) is 4.98 Å². The van der Waals surface area contributed by atoms with Gasteiger partial charge in [0.15, 0.2) is 0 Å². The molecule has 0 radical (unpaired) electrons. The third-order valence-electron chi connectivity index (χ3n) is 6.76. The minimum Gasteiger partial charge on any atom is -0.486 e. The Bertz CT molecular complexity index is 1660. The van der Waals surface area contributed by atoms with Gasteiger partial charge in [-0.3, -0.25) is 14.4 Å². The number of hydrogen-bond donors (Lipinski definition) is 2. The average Bonchev–Trinajstić information content (AvgIpc) is 3.33. The van der Waals surface area contributed by atoms with Crippen molar-refractivity contribution >= 4 is 63.7 Å². The highest BCUT2D eigenvalue weighted by Crippen LogP contribution is 2.35. The van der Waals surface area contributed by atoms with Crippen molar-refractivity contribution in [1.29, 1.82) is 0 Å². The van der Waals surface area contributed by atoms with Crippen LogP contribution in [0.15, 0.2) is 60.7 Å². The second-order valence-electron chi connectivity index (χ2n) is 9.38. The van der Waals surface area contributed by atoms with Crippen LogP contribution in [0.5, 0.6) is 5.75 Å². The topological polar surface area (TPSA) is 106 Å². The fraction of sp³-hybridized carbons (Fsp3) is 0.226. The minimum atomic E-state index is -0.446. The first-order valence-corrected chi connectivity index (χ1v) is 14.0. The van der Waals surface area contributed by atoms with Crippen molar-refractivity contribution in [2.24, 2.45) is 0 Å². The van der Waals surface area contributed by atoms with Gasteiger partial charge < -0.3 is 24.8 Å². The molecule has 9 nitrogen and oxygen atoms in total. The number of nitrogens with one attached hydrogen (secondary N) is 2. The Kier molecular flexibility index (Phi) is 9.88. The Hall–Kier alpha value is -4.34. The summed E-state index contributed by atoms with van der Waals surface area (Å²) in [5, 5.41) is 5.80. The standard InChI is InChI=1S/C31H31Cl2N5O4/c1-5-38-19(2)36-30-25(38)7-6-8-26(30)42-18-22-23(32)14-15-24(29(22)33)37(4)28(40)17-35-27(39)16-11-20-9-12-21(13-10-20)31(41)34-3/h6-16H,5,17-18H2,1-4H3,(H,34,41)(H,35,39)/b16-11+. The monoisotopic (exact) mass is 607 g/mol. The predicted molar refractivity (Wildman–Crippen MR) is 166 cm³/mol. The van der Waals surface area contributed by atoms with Gasteiger partial charge in [0.25, 0.3) is 5.91 Å². The maximum Gasteiger partial charge on any atom is 0.251 e. The molecule has 0 saturated carbocycles. The lowest BCUT2D eigenvalue weighted by atomic mass is 10.1. The first kappa shape index (κ1) is 30.6. The van der Waals surface area contributed by atoms with Gasteiger partial charge in [0.05, 0.1) is 22.8 Å². The van der Waals surface area contributed by atoms with Crippen LogP contribution in [0.4, 0.5) is 5.69 Å². The summed E-state index contributed by atoms with van der Waals surface area (Å²) < 4.78 is 8.21. The molecule has 0 aliphatic rings. The van der Waals surface area contributed by atoms with E-state index in [2.05, 4.69) is 27.1 Å². The van der Waals surface area contributed by atoms with Gasteiger partial charge in [-0.05, 0) is 61.9 Å². The molecule has 0 unspecified atom stereocenters. The number of anilines is 1. The largest absolute Gasteiger partial charge is 0.486 e. The highest BCUT2D eigenvalue weighted by atomic mass is 35.5. The summed E-state index contributed by atoms with van der Waals surface area (Å²) in [5.41, 5.74) is 3.91. The number of carbonyl (C=O) groups excluding carboxylic acids is 3. The van der Waals surface area contributed by atoms with Crippen molar-refractivity contribution in [1.82, 2.24) is 20.2 Å². The van der Waals surface area contributed by atoms with E-state index in [9.17, 15) is 14.4 Å². The van der Waals surface area contributed by atoms with E-state index in [1.165, 1.54) is 11.0 Å². The normalized spacial score (nSPS) is 11.1. The zero-order valence-electron chi connectivity index (χ0n) is 23.7. The molecule has 0 spiro atoms. The van der Waals surface area contributed by atoms with E-state index in [1.54, 1.807) is 56.6 Å². The molecule has 4 aromatic rings. The molecular weight excluding hydrogens is 577 g/mol. The van der Waals surface area contributed by atoms with Crippen LogP contribution in [-0.2, 0) is 22.7 Å². The SMILES string of the molecule is CCn1c(C)nc2c(OCc3c(Cl)ccc(N(C)C(=O)CNC(=O)/C=C/c4ccc(C(=O)NC)cc4)c3Cl)cccc21. The van der Waals surface area contributed by atoms with E-state index in [0.717, 1.165) is 29.0 Å². The lowest BCUT2D eigenvalue weighted by molar-refractivity contribution is -0.122. The molecule has 2 N–H and O–H groups in total. The van der Waals surface area contributed by atoms with Crippen molar-refractivity contribution < 1.29 is 19.1 Å². The maximum absolute atomic E-state index is 12.9. The van der Waals surface area contributed by atoms with E-state index in [4.69, 9.17) is 27.9 Å². The molecule has 218 valence electrons. The molecule has 3 aromatic carbocycles. The first-order valence-electron chi connectivity index (χ1n) is 13.2. The molecule has 4 rings (SSSR count). The number of ether oxygens (including phenoxy) is 1. The molecule has 0 atom stereocenters. The van der Waals surface area contributed by atoms with Crippen molar-refractivity contribution in [3.05, 3.63) is 93.2 Å². The zero-order valence-corrected chi connectivity index (χ0v) is 25.2. The number of imidazole rings is 1. The molecule has 0 fully saturated rings. The van der Waals surface area contributed by atoms with Crippen molar-refractivity contribution in [3.63, 3.8) is 0 Å². The summed E-state index contributed by atoms with van der Waals surface area (Å²) >= 11 is 13.2. The van der Waals surface area contributed by atoms with E-state index in [1.807, 2.05) is 25.1 Å². The quantitative estimate of drug-likeness (QED) is 0.235.